The van der Waals surface area contributed by atoms with Crippen molar-refractivity contribution in [3.8, 4) is 0 Å². The highest BCUT2D eigenvalue weighted by Gasteiger charge is 2.33. The summed E-state index contributed by atoms with van der Waals surface area (Å²) in [6.45, 7) is 1.06. The molecule has 5 heteroatoms. The molecule has 2 fully saturated rings. The summed E-state index contributed by atoms with van der Waals surface area (Å²) >= 11 is 1.77. The molecule has 3 rings (SSSR count). The first-order chi connectivity index (χ1) is 8.84. The molecule has 2 aliphatic rings. The number of benzene rings is 1. The SMILES string of the molecule is O=C(C1CSCN1)N1COC(c2ccccc2)C1. The summed E-state index contributed by atoms with van der Waals surface area (Å²) < 4.78 is 5.70. The summed E-state index contributed by atoms with van der Waals surface area (Å²) in [6.07, 6.45) is 0.0178. The van der Waals surface area contributed by atoms with Crippen LogP contribution in [0.25, 0.3) is 0 Å². The molecule has 0 radical (unpaired) electrons. The number of hydrogen-bond donors (Lipinski definition) is 1. The minimum atomic E-state index is -0.0341. The van der Waals surface area contributed by atoms with Gasteiger partial charge in [0.05, 0.1) is 12.6 Å². The second kappa shape index (κ2) is 5.30. The van der Waals surface area contributed by atoms with Gasteiger partial charge in [0.15, 0.2) is 0 Å². The van der Waals surface area contributed by atoms with Gasteiger partial charge in [-0.3, -0.25) is 10.1 Å². The zero-order valence-electron chi connectivity index (χ0n) is 10.0. The highest BCUT2D eigenvalue weighted by Crippen LogP contribution is 2.25. The maximum Gasteiger partial charge on any atom is 0.242 e. The van der Waals surface area contributed by atoms with E-state index < -0.39 is 0 Å². The number of nitrogens with zero attached hydrogens (tertiary/aromatic N) is 1. The van der Waals surface area contributed by atoms with Gasteiger partial charge < -0.3 is 9.64 Å². The third kappa shape index (κ3) is 2.39. The van der Waals surface area contributed by atoms with Crippen LogP contribution in [0.1, 0.15) is 11.7 Å². The van der Waals surface area contributed by atoms with Crippen LogP contribution in [0.2, 0.25) is 0 Å². The number of nitrogens with one attached hydrogen (secondary N) is 1. The zero-order valence-corrected chi connectivity index (χ0v) is 10.9. The van der Waals surface area contributed by atoms with Gasteiger partial charge >= 0.3 is 0 Å². The first-order valence-corrected chi connectivity index (χ1v) is 7.26. The Morgan fingerprint density at radius 3 is 2.94 bits per heavy atom. The molecule has 0 aliphatic carbocycles. The van der Waals surface area contributed by atoms with Gasteiger partial charge in [-0.2, -0.15) is 0 Å². The number of carbonyl (C=O) groups excluding carboxylic acids is 1. The second-order valence-electron chi connectivity index (χ2n) is 4.53. The fourth-order valence-corrected chi connectivity index (χ4v) is 3.22. The Morgan fingerprint density at radius 1 is 1.39 bits per heavy atom. The van der Waals surface area contributed by atoms with E-state index in [1.807, 2.05) is 30.3 Å². The summed E-state index contributed by atoms with van der Waals surface area (Å²) in [5.74, 6) is 1.90. The van der Waals surface area contributed by atoms with Crippen LogP contribution in [0.3, 0.4) is 0 Å². The van der Waals surface area contributed by atoms with Crippen molar-refractivity contribution in [2.24, 2.45) is 0 Å². The normalized spacial score (nSPS) is 27.7. The van der Waals surface area contributed by atoms with Crippen LogP contribution in [-0.2, 0) is 9.53 Å². The Labute approximate surface area is 111 Å². The summed E-state index contributed by atoms with van der Waals surface area (Å²) in [6, 6.07) is 10.0. The molecule has 96 valence electrons. The molecule has 1 aromatic carbocycles. The molecule has 0 aromatic heterocycles. The number of hydrogen-bond acceptors (Lipinski definition) is 4. The largest absolute Gasteiger partial charge is 0.351 e. The van der Waals surface area contributed by atoms with Crippen molar-refractivity contribution in [2.45, 2.75) is 12.1 Å². The van der Waals surface area contributed by atoms with Crippen LogP contribution < -0.4 is 5.32 Å². The molecular formula is C13H16N2O2S. The maximum atomic E-state index is 12.2. The molecule has 2 saturated heterocycles. The van der Waals surface area contributed by atoms with Crippen LogP contribution >= 0.6 is 11.8 Å². The van der Waals surface area contributed by atoms with Crippen LogP contribution in [-0.4, -0.2) is 41.8 Å². The summed E-state index contributed by atoms with van der Waals surface area (Å²) in [4.78, 5) is 14.0. The van der Waals surface area contributed by atoms with E-state index in [1.54, 1.807) is 16.7 Å². The average molecular weight is 264 g/mol. The van der Waals surface area contributed by atoms with Crippen molar-refractivity contribution in [3.05, 3.63) is 35.9 Å². The fraction of sp³-hybridized carbons (Fsp3) is 0.462. The van der Waals surface area contributed by atoms with Crippen molar-refractivity contribution >= 4 is 17.7 Å². The van der Waals surface area contributed by atoms with Crippen LogP contribution in [0.5, 0.6) is 0 Å². The molecule has 2 heterocycles. The fourth-order valence-electron chi connectivity index (χ4n) is 2.28. The minimum Gasteiger partial charge on any atom is -0.351 e. The number of rotatable bonds is 2. The third-order valence-corrected chi connectivity index (χ3v) is 4.26. The van der Waals surface area contributed by atoms with Gasteiger partial charge in [0.2, 0.25) is 5.91 Å². The molecule has 0 spiro atoms. The predicted molar refractivity (Wildman–Crippen MR) is 71.1 cm³/mol. The lowest BCUT2D eigenvalue weighted by Gasteiger charge is -2.18. The molecule has 1 amide bonds. The average Bonchev–Trinajstić information content (AvgIpc) is 3.10. The molecule has 2 unspecified atom stereocenters. The second-order valence-corrected chi connectivity index (χ2v) is 5.56. The molecule has 2 atom stereocenters. The van der Waals surface area contributed by atoms with Gasteiger partial charge in [0.1, 0.15) is 12.8 Å². The molecule has 1 N–H and O–H groups in total. The summed E-state index contributed by atoms with van der Waals surface area (Å²) in [5, 5.41) is 3.20. The van der Waals surface area contributed by atoms with E-state index in [9.17, 15) is 4.79 Å². The molecule has 1 aromatic rings. The van der Waals surface area contributed by atoms with Gasteiger partial charge in [-0.15, -0.1) is 11.8 Å². The van der Waals surface area contributed by atoms with E-state index in [1.165, 1.54) is 0 Å². The zero-order chi connectivity index (χ0) is 12.4. The van der Waals surface area contributed by atoms with Gasteiger partial charge in [0.25, 0.3) is 0 Å². The number of thioether (sulfide) groups is 1. The third-order valence-electron chi connectivity index (χ3n) is 3.32. The van der Waals surface area contributed by atoms with Crippen LogP contribution in [0, 0.1) is 0 Å². The van der Waals surface area contributed by atoms with Crippen molar-refractivity contribution in [2.75, 3.05) is 24.9 Å². The lowest BCUT2D eigenvalue weighted by molar-refractivity contribution is -0.133. The van der Waals surface area contributed by atoms with Crippen LogP contribution in [0.4, 0.5) is 0 Å². The molecule has 2 aliphatic heterocycles. The Kier molecular flexibility index (Phi) is 3.54. The molecular weight excluding hydrogens is 248 g/mol. The number of ether oxygens (including phenoxy) is 1. The van der Waals surface area contributed by atoms with E-state index >= 15 is 0 Å². The van der Waals surface area contributed by atoms with Crippen molar-refractivity contribution in [1.29, 1.82) is 0 Å². The first kappa shape index (κ1) is 12.0. The number of carbonyl (C=O) groups is 1. The lowest BCUT2D eigenvalue weighted by atomic mass is 10.1. The highest BCUT2D eigenvalue weighted by atomic mass is 32.2. The van der Waals surface area contributed by atoms with E-state index in [2.05, 4.69) is 5.32 Å². The van der Waals surface area contributed by atoms with Gasteiger partial charge in [-0.05, 0) is 5.56 Å². The van der Waals surface area contributed by atoms with E-state index in [0.717, 1.165) is 17.2 Å². The molecule has 0 saturated carbocycles. The highest BCUT2D eigenvalue weighted by molar-refractivity contribution is 7.99. The molecule has 0 bridgehead atoms. The standard InChI is InChI=1S/C13H16N2O2S/c16-13(11-7-18-8-14-11)15-6-12(17-9-15)10-4-2-1-3-5-10/h1-5,11-12,14H,6-9H2. The Bertz CT molecular complexity index is 420. The first-order valence-electron chi connectivity index (χ1n) is 6.11. The smallest absolute Gasteiger partial charge is 0.242 e. The van der Waals surface area contributed by atoms with Crippen LogP contribution in [0.15, 0.2) is 30.3 Å². The minimum absolute atomic E-state index is 0.0178. The van der Waals surface area contributed by atoms with E-state index in [0.29, 0.717) is 13.3 Å². The van der Waals surface area contributed by atoms with Crippen molar-refractivity contribution in [3.63, 3.8) is 0 Å². The topological polar surface area (TPSA) is 41.6 Å². The Balaban J connectivity index is 1.63. The van der Waals surface area contributed by atoms with E-state index in [-0.39, 0.29) is 18.1 Å². The van der Waals surface area contributed by atoms with Crippen molar-refractivity contribution < 1.29 is 9.53 Å². The van der Waals surface area contributed by atoms with Gasteiger partial charge in [0, 0.05) is 11.6 Å². The van der Waals surface area contributed by atoms with E-state index in [4.69, 9.17) is 4.74 Å². The van der Waals surface area contributed by atoms with Gasteiger partial charge in [-0.1, -0.05) is 30.3 Å². The predicted octanol–water partition coefficient (Wildman–Crippen LogP) is 1.21. The summed E-state index contributed by atoms with van der Waals surface area (Å²) in [5.41, 5.74) is 1.14. The Morgan fingerprint density at radius 2 is 2.22 bits per heavy atom. The monoisotopic (exact) mass is 264 g/mol. The van der Waals surface area contributed by atoms with Crippen molar-refractivity contribution in [1.82, 2.24) is 10.2 Å². The Hall–Kier alpha value is -1.04. The quantitative estimate of drug-likeness (QED) is 0.871. The van der Waals surface area contributed by atoms with Gasteiger partial charge in [-0.25, -0.2) is 0 Å². The maximum absolute atomic E-state index is 12.2. The lowest BCUT2D eigenvalue weighted by Crippen LogP contribution is -2.43. The molecule has 18 heavy (non-hydrogen) atoms. The molecule has 4 nitrogen and oxygen atoms in total. The summed E-state index contributed by atoms with van der Waals surface area (Å²) in [7, 11) is 0. The number of amides is 1.